The summed E-state index contributed by atoms with van der Waals surface area (Å²) < 4.78 is 19.3. The Bertz CT molecular complexity index is 664. The molecule has 0 aliphatic carbocycles. The molecule has 0 fully saturated rings. The van der Waals surface area contributed by atoms with Crippen molar-refractivity contribution in [1.29, 1.82) is 0 Å². The predicted octanol–water partition coefficient (Wildman–Crippen LogP) is 3.48. The van der Waals surface area contributed by atoms with Crippen LogP contribution in [0.1, 0.15) is 28.9 Å². The number of hydrogen-bond donors (Lipinski definition) is 1. The van der Waals surface area contributed by atoms with E-state index < -0.39 is 5.82 Å². The van der Waals surface area contributed by atoms with E-state index in [1.807, 2.05) is 0 Å². The largest absolute Gasteiger partial charge is 0.494 e. The number of carbonyl (C=O) groups is 1. The maximum atomic E-state index is 13.7. The molecule has 0 saturated carbocycles. The van der Waals surface area contributed by atoms with Crippen LogP contribution in [0, 0.1) is 5.82 Å². The third kappa shape index (κ3) is 3.78. The molecule has 1 N–H and O–H groups in total. The highest BCUT2D eigenvalue weighted by molar-refractivity contribution is 9.10. The zero-order chi connectivity index (χ0) is 15.4. The maximum Gasteiger partial charge on any atom is 0.253 e. The Labute approximate surface area is 130 Å². The molecule has 0 unspecified atom stereocenters. The van der Waals surface area contributed by atoms with E-state index in [9.17, 15) is 9.18 Å². The van der Waals surface area contributed by atoms with Crippen LogP contribution >= 0.6 is 15.9 Å². The van der Waals surface area contributed by atoms with Crippen molar-refractivity contribution in [2.45, 2.75) is 13.0 Å². The molecule has 1 atom stereocenters. The summed E-state index contributed by atoms with van der Waals surface area (Å²) in [6, 6.07) is 5.93. The van der Waals surface area contributed by atoms with Crippen LogP contribution in [0.3, 0.4) is 0 Å². The number of benzene rings is 1. The van der Waals surface area contributed by atoms with E-state index in [4.69, 9.17) is 4.74 Å². The smallest absolute Gasteiger partial charge is 0.253 e. The number of carbonyl (C=O) groups excluding carboxylic acids is 1. The fourth-order valence-electron chi connectivity index (χ4n) is 1.85. The van der Waals surface area contributed by atoms with E-state index in [-0.39, 0.29) is 17.7 Å². The van der Waals surface area contributed by atoms with E-state index in [1.165, 1.54) is 25.4 Å². The van der Waals surface area contributed by atoms with Gasteiger partial charge < -0.3 is 10.1 Å². The molecule has 2 rings (SSSR count). The number of halogens is 2. The number of methoxy groups -OCH3 is 1. The van der Waals surface area contributed by atoms with Crippen molar-refractivity contribution in [3.05, 3.63) is 58.1 Å². The molecule has 110 valence electrons. The SMILES string of the molecule is COc1ccc([C@@H](C)NC(=O)c2cncc(Br)c2)cc1F. The Morgan fingerprint density at radius 2 is 2.14 bits per heavy atom. The number of amides is 1. The van der Waals surface area contributed by atoms with Crippen molar-refractivity contribution in [3.63, 3.8) is 0 Å². The first-order valence-electron chi connectivity index (χ1n) is 6.26. The summed E-state index contributed by atoms with van der Waals surface area (Å²) in [7, 11) is 1.41. The Hall–Kier alpha value is -1.95. The Balaban J connectivity index is 2.12. The highest BCUT2D eigenvalue weighted by atomic mass is 79.9. The molecular formula is C15H14BrFN2O2. The average Bonchev–Trinajstić information content (AvgIpc) is 2.47. The summed E-state index contributed by atoms with van der Waals surface area (Å²) in [5.74, 6) is -0.554. The van der Waals surface area contributed by atoms with E-state index in [0.29, 0.717) is 11.1 Å². The Kier molecular flexibility index (Phi) is 4.90. The first-order chi connectivity index (χ1) is 10.0. The zero-order valence-electron chi connectivity index (χ0n) is 11.6. The van der Waals surface area contributed by atoms with Crippen LogP contribution in [0.2, 0.25) is 0 Å². The van der Waals surface area contributed by atoms with Gasteiger partial charge in [-0.1, -0.05) is 6.07 Å². The van der Waals surface area contributed by atoms with E-state index in [2.05, 4.69) is 26.2 Å². The van der Waals surface area contributed by atoms with Crippen molar-refractivity contribution >= 4 is 21.8 Å². The molecule has 0 spiro atoms. The lowest BCUT2D eigenvalue weighted by Gasteiger charge is -2.15. The summed E-state index contributed by atoms with van der Waals surface area (Å²) in [6.07, 6.45) is 3.07. The fraction of sp³-hybridized carbons (Fsp3) is 0.200. The normalized spacial score (nSPS) is 11.8. The molecule has 1 aromatic carbocycles. The number of nitrogens with zero attached hydrogens (tertiary/aromatic N) is 1. The topological polar surface area (TPSA) is 51.2 Å². The lowest BCUT2D eigenvalue weighted by molar-refractivity contribution is 0.0939. The van der Waals surface area contributed by atoms with E-state index in [1.54, 1.807) is 25.3 Å². The molecule has 1 aromatic heterocycles. The molecule has 0 saturated heterocycles. The molecule has 2 aromatic rings. The summed E-state index contributed by atoms with van der Waals surface area (Å²) in [5, 5.41) is 2.80. The van der Waals surface area contributed by atoms with Gasteiger partial charge in [0.25, 0.3) is 5.91 Å². The van der Waals surface area contributed by atoms with Gasteiger partial charge in [-0.15, -0.1) is 0 Å². The number of pyridine rings is 1. The van der Waals surface area contributed by atoms with Crippen molar-refractivity contribution in [1.82, 2.24) is 10.3 Å². The van der Waals surface area contributed by atoms with Gasteiger partial charge in [-0.3, -0.25) is 9.78 Å². The fourth-order valence-corrected chi connectivity index (χ4v) is 2.22. The van der Waals surface area contributed by atoms with Crippen LogP contribution in [-0.4, -0.2) is 18.0 Å². The van der Waals surface area contributed by atoms with Crippen molar-refractivity contribution < 1.29 is 13.9 Å². The van der Waals surface area contributed by atoms with Gasteiger partial charge in [0.05, 0.1) is 18.7 Å². The molecule has 0 aliphatic heterocycles. The van der Waals surface area contributed by atoms with Crippen LogP contribution in [-0.2, 0) is 0 Å². The molecule has 0 aliphatic rings. The molecular weight excluding hydrogens is 339 g/mol. The van der Waals surface area contributed by atoms with Crippen LogP contribution < -0.4 is 10.1 Å². The van der Waals surface area contributed by atoms with Crippen LogP contribution in [0.4, 0.5) is 4.39 Å². The number of ether oxygens (including phenoxy) is 1. The minimum Gasteiger partial charge on any atom is -0.494 e. The summed E-state index contributed by atoms with van der Waals surface area (Å²) >= 11 is 3.26. The summed E-state index contributed by atoms with van der Waals surface area (Å²) in [4.78, 5) is 16.0. The van der Waals surface area contributed by atoms with Gasteiger partial charge in [-0.25, -0.2) is 4.39 Å². The molecule has 21 heavy (non-hydrogen) atoms. The summed E-state index contributed by atoms with van der Waals surface area (Å²) in [6.45, 7) is 1.78. The zero-order valence-corrected chi connectivity index (χ0v) is 13.1. The molecule has 0 bridgehead atoms. The summed E-state index contributed by atoms with van der Waals surface area (Å²) in [5.41, 5.74) is 1.09. The standard InChI is InChI=1S/C15H14BrFN2O2/c1-9(10-3-4-14(21-2)13(17)6-10)19-15(20)11-5-12(16)8-18-7-11/h3-9H,1-2H3,(H,19,20)/t9-/m1/s1. The van der Waals surface area contributed by atoms with Gasteiger partial charge in [0.2, 0.25) is 0 Å². The number of aromatic nitrogens is 1. The van der Waals surface area contributed by atoms with Crippen LogP contribution in [0.15, 0.2) is 41.1 Å². The predicted molar refractivity (Wildman–Crippen MR) is 80.8 cm³/mol. The van der Waals surface area contributed by atoms with Crippen molar-refractivity contribution in [2.24, 2.45) is 0 Å². The minimum absolute atomic E-state index is 0.175. The van der Waals surface area contributed by atoms with Gasteiger partial charge in [0.1, 0.15) is 0 Å². The minimum atomic E-state index is -0.458. The quantitative estimate of drug-likeness (QED) is 0.916. The highest BCUT2D eigenvalue weighted by Gasteiger charge is 2.14. The van der Waals surface area contributed by atoms with Gasteiger partial charge in [0, 0.05) is 16.9 Å². The van der Waals surface area contributed by atoms with Crippen molar-refractivity contribution in [2.75, 3.05) is 7.11 Å². The molecule has 1 heterocycles. The highest BCUT2D eigenvalue weighted by Crippen LogP contribution is 2.22. The number of nitrogens with one attached hydrogen (secondary N) is 1. The van der Waals surface area contributed by atoms with Gasteiger partial charge in [0.15, 0.2) is 11.6 Å². The average molecular weight is 353 g/mol. The number of hydrogen-bond acceptors (Lipinski definition) is 3. The lowest BCUT2D eigenvalue weighted by atomic mass is 10.1. The molecule has 4 nitrogen and oxygen atoms in total. The third-order valence-corrected chi connectivity index (χ3v) is 3.42. The van der Waals surface area contributed by atoms with E-state index in [0.717, 1.165) is 4.47 Å². The molecule has 1 amide bonds. The van der Waals surface area contributed by atoms with Crippen LogP contribution in [0.5, 0.6) is 5.75 Å². The monoisotopic (exact) mass is 352 g/mol. The second-order valence-corrected chi connectivity index (χ2v) is 5.40. The Morgan fingerprint density at radius 1 is 1.38 bits per heavy atom. The number of rotatable bonds is 4. The first kappa shape index (κ1) is 15.4. The second-order valence-electron chi connectivity index (χ2n) is 4.48. The maximum absolute atomic E-state index is 13.7. The van der Waals surface area contributed by atoms with Crippen molar-refractivity contribution in [3.8, 4) is 5.75 Å². The lowest BCUT2D eigenvalue weighted by Crippen LogP contribution is -2.26. The first-order valence-corrected chi connectivity index (χ1v) is 7.05. The third-order valence-electron chi connectivity index (χ3n) is 2.99. The molecule has 0 radical (unpaired) electrons. The van der Waals surface area contributed by atoms with Gasteiger partial charge >= 0.3 is 0 Å². The van der Waals surface area contributed by atoms with Crippen LogP contribution in [0.25, 0.3) is 0 Å². The van der Waals surface area contributed by atoms with Gasteiger partial charge in [-0.2, -0.15) is 0 Å². The molecule has 6 heteroatoms. The second kappa shape index (κ2) is 6.67. The van der Waals surface area contributed by atoms with E-state index >= 15 is 0 Å². The van der Waals surface area contributed by atoms with Gasteiger partial charge in [-0.05, 0) is 46.6 Å². The Morgan fingerprint density at radius 3 is 2.76 bits per heavy atom.